The second-order valence-corrected chi connectivity index (χ2v) is 8.72. The minimum absolute atomic E-state index is 0.218. The summed E-state index contributed by atoms with van der Waals surface area (Å²) < 4.78 is 0.538. The minimum Gasteiger partial charge on any atom is -0.289 e. The van der Waals surface area contributed by atoms with Gasteiger partial charge >= 0.3 is 0 Å². The molecule has 20 heavy (non-hydrogen) atoms. The lowest BCUT2D eigenvalue weighted by atomic mass is 9.86. The van der Waals surface area contributed by atoms with Crippen molar-refractivity contribution in [3.63, 3.8) is 0 Å². The van der Waals surface area contributed by atoms with Crippen LogP contribution in [-0.2, 0) is 6.42 Å². The van der Waals surface area contributed by atoms with Crippen molar-refractivity contribution in [1.29, 1.82) is 0 Å². The van der Waals surface area contributed by atoms with Crippen LogP contribution in [0.1, 0.15) is 42.9 Å². The first kappa shape index (κ1) is 13.0. The van der Waals surface area contributed by atoms with Crippen molar-refractivity contribution in [1.82, 2.24) is 0 Å². The van der Waals surface area contributed by atoms with Crippen molar-refractivity contribution < 1.29 is 4.79 Å². The van der Waals surface area contributed by atoms with E-state index < -0.39 is 0 Å². The average molecular weight is 318 g/mol. The summed E-state index contributed by atoms with van der Waals surface area (Å²) in [5, 5.41) is 2.08. The van der Waals surface area contributed by atoms with Crippen molar-refractivity contribution in [3.05, 3.63) is 56.8 Å². The molecule has 0 bridgehead atoms. The number of hydrogen-bond acceptors (Lipinski definition) is 4. The van der Waals surface area contributed by atoms with Gasteiger partial charge in [-0.05, 0) is 29.1 Å². The summed E-state index contributed by atoms with van der Waals surface area (Å²) in [6.07, 6.45) is 2.23. The molecule has 0 unspecified atom stereocenters. The fourth-order valence-electron chi connectivity index (χ4n) is 2.84. The summed E-state index contributed by atoms with van der Waals surface area (Å²) in [5.74, 6) is 2.71. The Morgan fingerprint density at radius 3 is 2.70 bits per heavy atom. The van der Waals surface area contributed by atoms with Crippen LogP contribution in [0.3, 0.4) is 0 Å². The van der Waals surface area contributed by atoms with Gasteiger partial charge in [-0.25, -0.2) is 0 Å². The van der Waals surface area contributed by atoms with Gasteiger partial charge in [0.25, 0.3) is 0 Å². The van der Waals surface area contributed by atoms with E-state index in [2.05, 4.69) is 11.4 Å². The van der Waals surface area contributed by atoms with Gasteiger partial charge in [0, 0.05) is 27.8 Å². The monoisotopic (exact) mass is 318 g/mol. The van der Waals surface area contributed by atoms with Crippen molar-refractivity contribution in [3.8, 4) is 0 Å². The van der Waals surface area contributed by atoms with Gasteiger partial charge < -0.3 is 0 Å². The summed E-state index contributed by atoms with van der Waals surface area (Å²) >= 11 is 5.86. The van der Waals surface area contributed by atoms with Crippen LogP contribution in [0.5, 0.6) is 0 Å². The first-order valence-electron chi connectivity index (χ1n) is 6.80. The maximum Gasteiger partial charge on any atom is 0.194 e. The maximum atomic E-state index is 12.6. The highest BCUT2D eigenvalue weighted by Gasteiger charge is 2.30. The zero-order valence-corrected chi connectivity index (χ0v) is 13.4. The van der Waals surface area contributed by atoms with Crippen LogP contribution >= 0.6 is 34.9 Å². The summed E-state index contributed by atoms with van der Waals surface area (Å²) in [6, 6.07) is 8.05. The van der Waals surface area contributed by atoms with E-state index in [0.29, 0.717) is 4.58 Å². The molecule has 0 radical (unpaired) electrons. The Labute approximate surface area is 131 Å². The Morgan fingerprint density at radius 1 is 1.05 bits per heavy atom. The molecule has 4 heteroatoms. The molecule has 0 spiro atoms. The number of carbonyl (C=O) groups excluding carboxylic acids is 1. The number of benzene rings is 1. The first-order valence-corrected chi connectivity index (χ1v) is 9.78. The molecule has 102 valence electrons. The van der Waals surface area contributed by atoms with Crippen LogP contribution in [0.4, 0.5) is 0 Å². The van der Waals surface area contributed by atoms with Crippen LogP contribution in [-0.4, -0.2) is 17.3 Å². The third-order valence-corrected chi connectivity index (χ3v) is 8.17. The summed E-state index contributed by atoms with van der Waals surface area (Å²) in [5.41, 5.74) is 4.34. The molecule has 2 heterocycles. The molecule has 0 saturated carbocycles. The molecule has 1 aliphatic carbocycles. The average Bonchev–Trinajstić information content (AvgIpc) is 2.92. The number of carbonyl (C=O) groups is 1. The summed E-state index contributed by atoms with van der Waals surface area (Å²) in [7, 11) is 0. The second kappa shape index (κ2) is 5.24. The van der Waals surface area contributed by atoms with Gasteiger partial charge in [-0.1, -0.05) is 24.3 Å². The first-order chi connectivity index (χ1) is 9.84. The van der Waals surface area contributed by atoms with E-state index in [4.69, 9.17) is 0 Å². The molecule has 1 aromatic carbocycles. The Morgan fingerprint density at radius 2 is 1.85 bits per heavy atom. The molecule has 1 aromatic heterocycles. The molecule has 1 saturated heterocycles. The van der Waals surface area contributed by atoms with E-state index in [1.165, 1.54) is 33.9 Å². The van der Waals surface area contributed by atoms with E-state index in [1.807, 2.05) is 41.7 Å². The van der Waals surface area contributed by atoms with Gasteiger partial charge in [-0.15, -0.1) is 34.9 Å². The second-order valence-electron chi connectivity index (χ2n) is 5.08. The molecule has 0 amide bonds. The van der Waals surface area contributed by atoms with Gasteiger partial charge in [0.15, 0.2) is 5.78 Å². The van der Waals surface area contributed by atoms with Crippen molar-refractivity contribution in [2.75, 3.05) is 11.5 Å². The lowest BCUT2D eigenvalue weighted by Gasteiger charge is -2.23. The summed E-state index contributed by atoms with van der Waals surface area (Å²) in [6.45, 7) is 0. The van der Waals surface area contributed by atoms with E-state index in [-0.39, 0.29) is 5.78 Å². The number of hydrogen-bond donors (Lipinski definition) is 0. The Bertz CT molecular complexity index is 668. The quantitative estimate of drug-likeness (QED) is 0.644. The zero-order chi connectivity index (χ0) is 13.5. The highest BCUT2D eigenvalue weighted by Crippen LogP contribution is 2.49. The predicted octanol–water partition coefficient (Wildman–Crippen LogP) is 4.75. The number of ketones is 1. The molecular weight excluding hydrogens is 304 g/mol. The third-order valence-electron chi connectivity index (χ3n) is 3.84. The van der Waals surface area contributed by atoms with Gasteiger partial charge in [0.1, 0.15) is 0 Å². The fraction of sp³-hybridized carbons (Fsp3) is 0.312. The lowest BCUT2D eigenvalue weighted by molar-refractivity contribution is 0.103. The fourth-order valence-corrected chi connectivity index (χ4v) is 7.29. The van der Waals surface area contributed by atoms with Gasteiger partial charge in [0.2, 0.25) is 0 Å². The Balaban J connectivity index is 1.77. The number of thiophene rings is 1. The molecule has 1 fully saturated rings. The van der Waals surface area contributed by atoms with Crippen LogP contribution in [0.25, 0.3) is 0 Å². The molecule has 1 aliphatic heterocycles. The SMILES string of the molecule is O=C1c2ccccc2Cc2c1csc2C1SCCCS1. The van der Waals surface area contributed by atoms with Crippen molar-refractivity contribution in [2.24, 2.45) is 0 Å². The highest BCUT2D eigenvalue weighted by molar-refractivity contribution is 8.17. The van der Waals surface area contributed by atoms with Crippen molar-refractivity contribution in [2.45, 2.75) is 17.4 Å². The van der Waals surface area contributed by atoms with E-state index in [1.54, 1.807) is 11.3 Å². The molecule has 2 aliphatic rings. The van der Waals surface area contributed by atoms with Crippen molar-refractivity contribution >= 4 is 40.6 Å². The molecule has 2 aromatic rings. The molecule has 0 N–H and O–H groups in total. The topological polar surface area (TPSA) is 17.1 Å². The van der Waals surface area contributed by atoms with Crippen LogP contribution in [0.2, 0.25) is 0 Å². The largest absolute Gasteiger partial charge is 0.289 e. The van der Waals surface area contributed by atoms with E-state index in [9.17, 15) is 4.79 Å². The number of fused-ring (bicyclic) bond motifs is 2. The van der Waals surface area contributed by atoms with Crippen LogP contribution in [0.15, 0.2) is 29.6 Å². The Hall–Kier alpha value is -0.710. The van der Waals surface area contributed by atoms with Crippen LogP contribution < -0.4 is 0 Å². The maximum absolute atomic E-state index is 12.6. The minimum atomic E-state index is 0.218. The molecule has 4 rings (SSSR count). The number of thioether (sulfide) groups is 2. The van der Waals surface area contributed by atoms with Gasteiger partial charge in [0.05, 0.1) is 4.58 Å². The van der Waals surface area contributed by atoms with Gasteiger partial charge in [-0.2, -0.15) is 0 Å². The standard InChI is InChI=1S/C16H14OS3/c17-14-11-5-2-1-4-10(11)8-12-13(14)9-20-15(12)16-18-6-3-7-19-16/h1-2,4-5,9,16H,3,6-8H2. The Kier molecular flexibility index (Phi) is 3.41. The van der Waals surface area contributed by atoms with Crippen LogP contribution in [0, 0.1) is 0 Å². The smallest absolute Gasteiger partial charge is 0.194 e. The third kappa shape index (κ3) is 2.05. The zero-order valence-electron chi connectivity index (χ0n) is 10.9. The lowest BCUT2D eigenvalue weighted by Crippen LogP contribution is -2.14. The molecule has 1 nitrogen and oxygen atoms in total. The molecule has 0 atom stereocenters. The van der Waals surface area contributed by atoms with E-state index >= 15 is 0 Å². The molecular formula is C16H14OS3. The van der Waals surface area contributed by atoms with E-state index in [0.717, 1.165) is 17.5 Å². The normalized spacial score (nSPS) is 18.7. The summed E-state index contributed by atoms with van der Waals surface area (Å²) in [4.78, 5) is 14.0. The number of rotatable bonds is 1. The van der Waals surface area contributed by atoms with Gasteiger partial charge in [-0.3, -0.25) is 4.79 Å². The predicted molar refractivity (Wildman–Crippen MR) is 89.3 cm³/mol. The highest BCUT2D eigenvalue weighted by atomic mass is 32.2.